The van der Waals surface area contributed by atoms with Crippen LogP contribution in [-0.2, 0) is 4.79 Å². The zero-order valence-corrected chi connectivity index (χ0v) is 13.2. The summed E-state index contributed by atoms with van der Waals surface area (Å²) >= 11 is 7.90. The molecule has 6 heteroatoms. The molecule has 0 bridgehead atoms. The zero-order valence-electron chi connectivity index (χ0n) is 10.2. The molecule has 0 radical (unpaired) electrons. The molecule has 1 aromatic carbocycles. The van der Waals surface area contributed by atoms with Crippen LogP contribution in [0.15, 0.2) is 18.2 Å². The van der Waals surface area contributed by atoms with Crippen LogP contribution in [-0.4, -0.2) is 22.5 Å². The number of rotatable bonds is 4. The molecule has 4 nitrogen and oxygen atoms in total. The number of carboxylic acids is 1. The van der Waals surface area contributed by atoms with Crippen LogP contribution in [0.2, 0.25) is 5.02 Å². The third-order valence-corrected chi connectivity index (χ3v) is 4.56. The van der Waals surface area contributed by atoms with E-state index in [2.05, 4.69) is 5.32 Å². The third kappa shape index (κ3) is 3.02. The lowest BCUT2D eigenvalue weighted by molar-refractivity contribution is -0.144. The Morgan fingerprint density at radius 2 is 2.11 bits per heavy atom. The molecule has 0 spiro atoms. The predicted molar refractivity (Wildman–Crippen MR) is 80.4 cm³/mol. The lowest BCUT2D eigenvalue weighted by atomic mass is 9.95. The van der Waals surface area contributed by atoms with Crippen molar-refractivity contribution in [3.8, 4) is 0 Å². The Balaban J connectivity index is 2.25. The molecule has 1 aromatic rings. The first-order valence-corrected chi connectivity index (χ1v) is 7.31. The van der Waals surface area contributed by atoms with Gasteiger partial charge in [-0.1, -0.05) is 11.6 Å². The van der Waals surface area contributed by atoms with E-state index in [4.69, 9.17) is 11.6 Å². The summed E-state index contributed by atoms with van der Waals surface area (Å²) in [5.74, 6) is -1.39. The summed E-state index contributed by atoms with van der Waals surface area (Å²) in [5, 5.41) is 12.4. The Hall–Kier alpha value is -0.820. The van der Waals surface area contributed by atoms with Gasteiger partial charge in [0.25, 0.3) is 5.91 Å². The maximum atomic E-state index is 12.2. The smallest absolute Gasteiger partial charge is 0.329 e. The third-order valence-electron chi connectivity index (χ3n) is 3.38. The summed E-state index contributed by atoms with van der Waals surface area (Å²) in [7, 11) is 0. The molecule has 19 heavy (non-hydrogen) atoms. The number of carbonyl (C=O) groups excluding carboxylic acids is 1. The Kier molecular flexibility index (Phi) is 4.06. The van der Waals surface area contributed by atoms with Crippen LogP contribution >= 0.6 is 34.2 Å². The fourth-order valence-electron chi connectivity index (χ4n) is 1.97. The summed E-state index contributed by atoms with van der Waals surface area (Å²) in [6.07, 6.45) is 1.66. The van der Waals surface area contributed by atoms with E-state index in [1.54, 1.807) is 25.1 Å². The van der Waals surface area contributed by atoms with Crippen LogP contribution < -0.4 is 5.32 Å². The molecule has 2 rings (SSSR count). The van der Waals surface area contributed by atoms with Gasteiger partial charge in [0, 0.05) is 8.59 Å². The SMILES string of the molecule is CC(NC(=O)c1cc(Cl)ccc1I)(C(=O)O)C1CC1. The van der Waals surface area contributed by atoms with Crippen LogP contribution in [0.5, 0.6) is 0 Å². The van der Waals surface area contributed by atoms with E-state index in [1.165, 1.54) is 0 Å². The summed E-state index contributed by atoms with van der Waals surface area (Å²) in [6, 6.07) is 4.97. The quantitative estimate of drug-likeness (QED) is 0.773. The summed E-state index contributed by atoms with van der Waals surface area (Å²) < 4.78 is 0.739. The van der Waals surface area contributed by atoms with Crippen molar-refractivity contribution in [2.45, 2.75) is 25.3 Å². The first kappa shape index (κ1) is 14.6. The highest BCUT2D eigenvalue weighted by Gasteiger charge is 2.48. The first-order chi connectivity index (χ1) is 8.84. The summed E-state index contributed by atoms with van der Waals surface area (Å²) in [6.45, 7) is 1.56. The molecule has 1 atom stereocenters. The number of aliphatic carboxylic acids is 1. The van der Waals surface area contributed by atoms with E-state index in [-0.39, 0.29) is 5.92 Å². The van der Waals surface area contributed by atoms with E-state index in [0.717, 1.165) is 16.4 Å². The molecular weight excluding hydrogens is 381 g/mol. The van der Waals surface area contributed by atoms with Gasteiger partial charge in [-0.3, -0.25) is 4.79 Å². The van der Waals surface area contributed by atoms with Gasteiger partial charge in [-0.2, -0.15) is 0 Å². The maximum absolute atomic E-state index is 12.2. The minimum atomic E-state index is -1.21. The molecule has 0 aromatic heterocycles. The summed E-state index contributed by atoms with van der Waals surface area (Å²) in [5.41, 5.74) is -0.802. The first-order valence-electron chi connectivity index (χ1n) is 5.85. The van der Waals surface area contributed by atoms with E-state index in [0.29, 0.717) is 10.6 Å². The molecule has 1 saturated carbocycles. The zero-order chi connectivity index (χ0) is 14.2. The topological polar surface area (TPSA) is 66.4 Å². The number of benzene rings is 1. The highest BCUT2D eigenvalue weighted by Crippen LogP contribution is 2.40. The van der Waals surface area contributed by atoms with Crippen molar-refractivity contribution in [3.05, 3.63) is 32.4 Å². The Morgan fingerprint density at radius 3 is 2.63 bits per heavy atom. The molecular formula is C13H13ClINO3. The predicted octanol–water partition coefficient (Wildman–Crippen LogP) is 2.93. The van der Waals surface area contributed by atoms with Gasteiger partial charge in [-0.15, -0.1) is 0 Å². The van der Waals surface area contributed by atoms with Gasteiger partial charge in [0.05, 0.1) is 5.56 Å². The van der Waals surface area contributed by atoms with Crippen molar-refractivity contribution in [1.29, 1.82) is 0 Å². The second-order valence-electron chi connectivity index (χ2n) is 4.86. The number of hydrogen-bond donors (Lipinski definition) is 2. The van der Waals surface area contributed by atoms with Gasteiger partial charge in [-0.05, 0) is 66.5 Å². The molecule has 2 N–H and O–H groups in total. The number of carbonyl (C=O) groups is 2. The van der Waals surface area contributed by atoms with Gasteiger partial charge in [0.2, 0.25) is 0 Å². The van der Waals surface area contributed by atoms with Crippen molar-refractivity contribution < 1.29 is 14.7 Å². The van der Waals surface area contributed by atoms with Crippen LogP contribution in [0.4, 0.5) is 0 Å². The monoisotopic (exact) mass is 393 g/mol. The number of halogens is 2. The number of nitrogens with one attached hydrogen (secondary N) is 1. The number of hydrogen-bond acceptors (Lipinski definition) is 2. The fourth-order valence-corrected chi connectivity index (χ4v) is 2.72. The Morgan fingerprint density at radius 1 is 1.47 bits per heavy atom. The van der Waals surface area contributed by atoms with Crippen LogP contribution in [0, 0.1) is 9.49 Å². The molecule has 1 aliphatic carbocycles. The van der Waals surface area contributed by atoms with Gasteiger partial charge in [-0.25, -0.2) is 4.79 Å². The average molecular weight is 394 g/mol. The van der Waals surface area contributed by atoms with Crippen LogP contribution in [0.1, 0.15) is 30.1 Å². The van der Waals surface area contributed by atoms with Gasteiger partial charge in [0.1, 0.15) is 5.54 Å². The maximum Gasteiger partial charge on any atom is 0.329 e. The largest absolute Gasteiger partial charge is 0.480 e. The second kappa shape index (κ2) is 5.28. The molecule has 0 heterocycles. The molecule has 1 unspecified atom stereocenters. The summed E-state index contributed by atoms with van der Waals surface area (Å²) in [4.78, 5) is 23.6. The normalized spacial score (nSPS) is 17.6. The molecule has 1 amide bonds. The molecule has 1 aliphatic rings. The van der Waals surface area contributed by atoms with E-state index >= 15 is 0 Å². The van der Waals surface area contributed by atoms with Gasteiger partial charge >= 0.3 is 5.97 Å². The van der Waals surface area contributed by atoms with E-state index in [1.807, 2.05) is 22.6 Å². The Bertz CT molecular complexity index is 545. The molecule has 1 fully saturated rings. The van der Waals surface area contributed by atoms with Gasteiger partial charge in [0.15, 0.2) is 0 Å². The molecule has 0 saturated heterocycles. The number of amides is 1. The highest BCUT2D eigenvalue weighted by atomic mass is 127. The minimum absolute atomic E-state index is 0.00537. The van der Waals surface area contributed by atoms with Crippen molar-refractivity contribution in [1.82, 2.24) is 5.32 Å². The van der Waals surface area contributed by atoms with E-state index in [9.17, 15) is 14.7 Å². The van der Waals surface area contributed by atoms with E-state index < -0.39 is 17.4 Å². The van der Waals surface area contributed by atoms with Crippen LogP contribution in [0.3, 0.4) is 0 Å². The second-order valence-corrected chi connectivity index (χ2v) is 6.46. The van der Waals surface area contributed by atoms with Gasteiger partial charge < -0.3 is 10.4 Å². The molecule has 0 aliphatic heterocycles. The number of carboxylic acid groups (broad SMARTS) is 1. The lowest BCUT2D eigenvalue weighted by Gasteiger charge is -2.26. The standard InChI is InChI=1S/C13H13ClINO3/c1-13(12(18)19,7-2-3-7)16-11(17)9-6-8(14)4-5-10(9)15/h4-7H,2-3H2,1H3,(H,16,17)(H,18,19). The van der Waals surface area contributed by atoms with Crippen molar-refractivity contribution >= 4 is 46.1 Å². The van der Waals surface area contributed by atoms with Crippen molar-refractivity contribution in [2.24, 2.45) is 5.92 Å². The van der Waals surface area contributed by atoms with Crippen molar-refractivity contribution in [2.75, 3.05) is 0 Å². The fraction of sp³-hybridized carbons (Fsp3) is 0.385. The Labute approximate surface area is 129 Å². The molecule has 102 valence electrons. The van der Waals surface area contributed by atoms with Crippen molar-refractivity contribution in [3.63, 3.8) is 0 Å². The van der Waals surface area contributed by atoms with Crippen LogP contribution in [0.25, 0.3) is 0 Å². The lowest BCUT2D eigenvalue weighted by Crippen LogP contribution is -2.54. The highest BCUT2D eigenvalue weighted by molar-refractivity contribution is 14.1. The minimum Gasteiger partial charge on any atom is -0.480 e. The average Bonchev–Trinajstić information content (AvgIpc) is 3.16.